The lowest BCUT2D eigenvalue weighted by molar-refractivity contribution is 0.0600. The molecule has 0 aliphatic rings. The Labute approximate surface area is 124 Å². The van der Waals surface area contributed by atoms with Crippen molar-refractivity contribution in [3.05, 3.63) is 35.4 Å². The van der Waals surface area contributed by atoms with Crippen LogP contribution in [0.3, 0.4) is 0 Å². The number of hydrogen-bond acceptors (Lipinski definition) is 4. The summed E-state index contributed by atoms with van der Waals surface area (Å²) in [5.74, 6) is -0.370. The van der Waals surface area contributed by atoms with Gasteiger partial charge < -0.3 is 9.84 Å². The summed E-state index contributed by atoms with van der Waals surface area (Å²) in [6.07, 6.45) is -0.412. The van der Waals surface area contributed by atoms with Crippen LogP contribution in [0.1, 0.15) is 36.7 Å². The van der Waals surface area contributed by atoms with E-state index >= 15 is 0 Å². The molecule has 0 spiro atoms. The van der Waals surface area contributed by atoms with Crippen molar-refractivity contribution in [3.63, 3.8) is 0 Å². The van der Waals surface area contributed by atoms with Crippen LogP contribution in [0.4, 0.5) is 4.79 Å². The predicted molar refractivity (Wildman–Crippen MR) is 79.1 cm³/mol. The summed E-state index contributed by atoms with van der Waals surface area (Å²) in [5, 5.41) is 10.5. The number of ether oxygens (including phenoxy) is 1. The second kappa shape index (κ2) is 7.08. The molecule has 0 unspecified atom stereocenters. The molecule has 0 atom stereocenters. The number of carbonyl (C=O) groups excluding carboxylic acids is 1. The van der Waals surface area contributed by atoms with Gasteiger partial charge in [0.05, 0.1) is 12.7 Å². The fourth-order valence-electron chi connectivity index (χ4n) is 1.84. The lowest BCUT2D eigenvalue weighted by Crippen LogP contribution is -2.53. The average Bonchev–Trinajstić information content (AvgIpc) is 2.41. The van der Waals surface area contributed by atoms with Gasteiger partial charge in [0, 0.05) is 12.1 Å². The number of carboxylic acid groups (broad SMARTS) is 1. The zero-order valence-electron chi connectivity index (χ0n) is 12.8. The van der Waals surface area contributed by atoms with E-state index in [0.29, 0.717) is 18.5 Å². The molecule has 0 radical (unpaired) electrons. The van der Waals surface area contributed by atoms with Crippen LogP contribution >= 0.6 is 0 Å². The maximum Gasteiger partial charge on any atom is 0.419 e. The second-order valence-corrected chi connectivity index (χ2v) is 5.68. The minimum atomic E-state index is -1.08. The maximum absolute atomic E-state index is 11.3. The zero-order chi connectivity index (χ0) is 16.0. The maximum atomic E-state index is 11.3. The first-order valence-electron chi connectivity index (χ1n) is 6.68. The molecule has 1 aromatic carbocycles. The lowest BCUT2D eigenvalue weighted by atomic mass is 10.1. The van der Waals surface area contributed by atoms with Crippen LogP contribution in [0.25, 0.3) is 0 Å². The van der Waals surface area contributed by atoms with Crippen LogP contribution < -0.4 is 5.43 Å². The van der Waals surface area contributed by atoms with Crippen molar-refractivity contribution in [1.82, 2.24) is 10.4 Å². The number of rotatable bonds is 5. The van der Waals surface area contributed by atoms with Crippen molar-refractivity contribution in [2.75, 3.05) is 13.7 Å². The number of nitrogens with one attached hydrogen (secondary N) is 1. The number of hydrazine groups is 1. The molecule has 0 bridgehead atoms. The summed E-state index contributed by atoms with van der Waals surface area (Å²) >= 11 is 0. The smallest absolute Gasteiger partial charge is 0.419 e. The molecular formula is C15H22N2O4. The molecule has 0 heterocycles. The number of methoxy groups -OCH3 is 1. The normalized spacial score (nSPS) is 11.3. The van der Waals surface area contributed by atoms with Crippen LogP contribution in [-0.4, -0.2) is 41.4 Å². The zero-order valence-corrected chi connectivity index (χ0v) is 12.8. The first-order chi connectivity index (χ1) is 9.74. The molecule has 6 nitrogen and oxygen atoms in total. The first kappa shape index (κ1) is 17.0. The summed E-state index contributed by atoms with van der Waals surface area (Å²) in [6, 6.07) is 7.09. The van der Waals surface area contributed by atoms with Gasteiger partial charge in [-0.15, -0.1) is 0 Å². The van der Waals surface area contributed by atoms with Crippen molar-refractivity contribution < 1.29 is 19.4 Å². The number of carbonyl (C=O) groups is 2. The first-order valence-corrected chi connectivity index (χ1v) is 6.68. The Hall–Kier alpha value is -2.08. The summed E-state index contributed by atoms with van der Waals surface area (Å²) in [7, 11) is 1.34. The third-order valence-electron chi connectivity index (χ3n) is 3.04. The van der Waals surface area contributed by atoms with Crippen molar-refractivity contribution in [1.29, 1.82) is 0 Å². The standard InChI is InChI=1S/C15H22N2O4/c1-15(2,3)17(16-14(19)20)10-9-11-5-7-12(8-6-11)13(18)21-4/h5-8,16H,9-10H2,1-4H3,(H,19,20). The molecule has 116 valence electrons. The van der Waals surface area contributed by atoms with E-state index in [2.05, 4.69) is 10.2 Å². The van der Waals surface area contributed by atoms with Gasteiger partial charge >= 0.3 is 12.1 Å². The number of esters is 1. The summed E-state index contributed by atoms with van der Waals surface area (Å²) in [5.41, 5.74) is 3.60. The molecule has 1 rings (SSSR count). The van der Waals surface area contributed by atoms with E-state index in [9.17, 15) is 9.59 Å². The second-order valence-electron chi connectivity index (χ2n) is 5.68. The third-order valence-corrected chi connectivity index (χ3v) is 3.04. The van der Waals surface area contributed by atoms with E-state index in [-0.39, 0.29) is 11.5 Å². The van der Waals surface area contributed by atoms with E-state index in [1.54, 1.807) is 17.1 Å². The molecule has 21 heavy (non-hydrogen) atoms. The molecular weight excluding hydrogens is 272 g/mol. The van der Waals surface area contributed by atoms with Crippen LogP contribution in [0, 0.1) is 0 Å². The molecule has 1 aromatic rings. The van der Waals surface area contributed by atoms with Crippen molar-refractivity contribution in [2.24, 2.45) is 0 Å². The van der Waals surface area contributed by atoms with Crippen molar-refractivity contribution in [2.45, 2.75) is 32.7 Å². The van der Waals surface area contributed by atoms with Gasteiger partial charge in [-0.25, -0.2) is 14.6 Å². The monoisotopic (exact) mass is 294 g/mol. The fraction of sp³-hybridized carbons (Fsp3) is 0.467. The minimum Gasteiger partial charge on any atom is -0.465 e. The largest absolute Gasteiger partial charge is 0.465 e. The van der Waals surface area contributed by atoms with Gasteiger partial charge in [-0.3, -0.25) is 5.43 Å². The van der Waals surface area contributed by atoms with Gasteiger partial charge in [-0.1, -0.05) is 12.1 Å². The number of hydrogen-bond donors (Lipinski definition) is 2. The molecule has 1 amide bonds. The van der Waals surface area contributed by atoms with Crippen LogP contribution in [-0.2, 0) is 11.2 Å². The molecule has 2 N–H and O–H groups in total. The lowest BCUT2D eigenvalue weighted by Gasteiger charge is -2.34. The predicted octanol–water partition coefficient (Wildman–Crippen LogP) is 2.30. The van der Waals surface area contributed by atoms with Crippen LogP contribution in [0.2, 0.25) is 0 Å². The van der Waals surface area contributed by atoms with Gasteiger partial charge in [-0.05, 0) is 44.9 Å². The number of benzene rings is 1. The molecule has 0 fully saturated rings. The van der Waals surface area contributed by atoms with Crippen LogP contribution in [0.5, 0.6) is 0 Å². The van der Waals surface area contributed by atoms with E-state index in [1.807, 2.05) is 32.9 Å². The number of nitrogens with zero attached hydrogens (tertiary/aromatic N) is 1. The highest BCUT2D eigenvalue weighted by molar-refractivity contribution is 5.89. The molecule has 0 saturated heterocycles. The Bertz CT molecular complexity index is 491. The summed E-state index contributed by atoms with van der Waals surface area (Å²) in [4.78, 5) is 22.2. The summed E-state index contributed by atoms with van der Waals surface area (Å²) < 4.78 is 4.64. The van der Waals surface area contributed by atoms with E-state index in [4.69, 9.17) is 5.11 Å². The van der Waals surface area contributed by atoms with E-state index in [1.165, 1.54) is 7.11 Å². The Balaban J connectivity index is 2.67. The van der Waals surface area contributed by atoms with Gasteiger partial charge in [0.25, 0.3) is 0 Å². The van der Waals surface area contributed by atoms with Gasteiger partial charge in [0.2, 0.25) is 0 Å². The highest BCUT2D eigenvalue weighted by Crippen LogP contribution is 2.12. The Morgan fingerprint density at radius 2 is 1.81 bits per heavy atom. The van der Waals surface area contributed by atoms with Crippen LogP contribution in [0.15, 0.2) is 24.3 Å². The quantitative estimate of drug-likeness (QED) is 0.643. The summed E-state index contributed by atoms with van der Waals surface area (Å²) in [6.45, 7) is 6.34. The molecule has 0 saturated carbocycles. The Morgan fingerprint density at radius 3 is 2.24 bits per heavy atom. The highest BCUT2D eigenvalue weighted by atomic mass is 16.5. The van der Waals surface area contributed by atoms with Gasteiger partial charge in [0.1, 0.15) is 0 Å². The molecule has 6 heteroatoms. The van der Waals surface area contributed by atoms with E-state index < -0.39 is 6.09 Å². The number of amides is 1. The average molecular weight is 294 g/mol. The Kier molecular flexibility index (Phi) is 5.72. The Morgan fingerprint density at radius 1 is 1.24 bits per heavy atom. The van der Waals surface area contributed by atoms with Crippen molar-refractivity contribution >= 4 is 12.1 Å². The topological polar surface area (TPSA) is 78.9 Å². The van der Waals surface area contributed by atoms with Gasteiger partial charge in [0.15, 0.2) is 0 Å². The fourth-order valence-corrected chi connectivity index (χ4v) is 1.84. The highest BCUT2D eigenvalue weighted by Gasteiger charge is 2.22. The van der Waals surface area contributed by atoms with Crippen molar-refractivity contribution in [3.8, 4) is 0 Å². The van der Waals surface area contributed by atoms with E-state index in [0.717, 1.165) is 5.56 Å². The molecule has 0 aliphatic heterocycles. The SMILES string of the molecule is COC(=O)c1ccc(CCN(NC(=O)O)C(C)(C)C)cc1. The molecule has 0 aromatic heterocycles. The minimum absolute atomic E-state index is 0.315. The third kappa shape index (κ3) is 5.43. The van der Waals surface area contributed by atoms with Gasteiger partial charge in [-0.2, -0.15) is 0 Å². The molecule has 0 aliphatic carbocycles.